The zero-order chi connectivity index (χ0) is 13.2. The first-order valence-corrected chi connectivity index (χ1v) is 6.46. The third kappa shape index (κ3) is 2.80. The maximum Gasteiger partial charge on any atom is 0.220 e. The quantitative estimate of drug-likeness (QED) is 0.639. The van der Waals surface area contributed by atoms with Crippen molar-refractivity contribution in [3.05, 3.63) is 64.0 Å². The van der Waals surface area contributed by atoms with E-state index in [0.29, 0.717) is 15.9 Å². The van der Waals surface area contributed by atoms with E-state index in [0.717, 1.165) is 16.7 Å². The lowest BCUT2D eigenvalue weighted by Gasteiger charge is -1.92. The molecule has 0 aliphatic carbocycles. The van der Waals surface area contributed by atoms with Crippen molar-refractivity contribution in [2.45, 2.75) is 0 Å². The summed E-state index contributed by atoms with van der Waals surface area (Å²) in [6.07, 6.45) is 3.74. The minimum absolute atomic E-state index is 0.548. The summed E-state index contributed by atoms with van der Waals surface area (Å²) in [6.45, 7) is 0. The van der Waals surface area contributed by atoms with Gasteiger partial charge in [0.2, 0.25) is 5.89 Å². The predicted octanol–water partition coefficient (Wildman–Crippen LogP) is 5.31. The smallest absolute Gasteiger partial charge is 0.220 e. The second-order valence-electron chi connectivity index (χ2n) is 4.05. The van der Waals surface area contributed by atoms with Gasteiger partial charge in [0.1, 0.15) is 5.52 Å². The highest BCUT2D eigenvalue weighted by molar-refractivity contribution is 6.31. The monoisotopic (exact) mass is 289 g/mol. The van der Waals surface area contributed by atoms with Crippen molar-refractivity contribution in [2.75, 3.05) is 0 Å². The van der Waals surface area contributed by atoms with Gasteiger partial charge in [-0.1, -0.05) is 35.3 Å². The molecular weight excluding hydrogens is 281 g/mol. The number of hydrogen-bond donors (Lipinski definition) is 0. The van der Waals surface area contributed by atoms with Crippen molar-refractivity contribution in [2.24, 2.45) is 0 Å². The van der Waals surface area contributed by atoms with Crippen LogP contribution < -0.4 is 0 Å². The van der Waals surface area contributed by atoms with Gasteiger partial charge in [-0.05, 0) is 42.0 Å². The Balaban J connectivity index is 1.90. The van der Waals surface area contributed by atoms with Gasteiger partial charge in [0.15, 0.2) is 5.58 Å². The molecule has 2 aromatic carbocycles. The maximum atomic E-state index is 5.90. The Labute approximate surface area is 120 Å². The Morgan fingerprint density at radius 3 is 2.42 bits per heavy atom. The average Bonchev–Trinajstić information content (AvgIpc) is 2.80. The minimum atomic E-state index is 0.548. The number of oxazole rings is 1. The number of rotatable bonds is 2. The first-order chi connectivity index (χ1) is 9.20. The van der Waals surface area contributed by atoms with Crippen LogP contribution in [0.3, 0.4) is 0 Å². The van der Waals surface area contributed by atoms with E-state index in [1.165, 1.54) is 0 Å². The van der Waals surface area contributed by atoms with Crippen molar-refractivity contribution in [1.82, 2.24) is 4.98 Å². The van der Waals surface area contributed by atoms with Crippen LogP contribution in [0.2, 0.25) is 10.0 Å². The van der Waals surface area contributed by atoms with Crippen LogP contribution in [0.4, 0.5) is 0 Å². The lowest BCUT2D eigenvalue weighted by Crippen LogP contribution is -1.72. The molecule has 94 valence electrons. The van der Waals surface area contributed by atoms with Crippen LogP contribution in [0.15, 0.2) is 46.9 Å². The molecule has 0 unspecified atom stereocenters. The maximum absolute atomic E-state index is 5.90. The third-order valence-corrected chi connectivity index (χ3v) is 3.14. The standard InChI is InChI=1S/C15H9Cl2NO/c16-11-4-1-10(2-5-11)3-8-15-18-13-9-12(17)6-7-14(13)19-15/h1-9H/b8-3+. The number of fused-ring (bicyclic) bond motifs is 1. The Hall–Kier alpha value is -1.77. The van der Waals surface area contributed by atoms with Gasteiger partial charge in [-0.2, -0.15) is 0 Å². The lowest BCUT2D eigenvalue weighted by molar-refractivity contribution is 0.590. The Morgan fingerprint density at radius 1 is 0.895 bits per heavy atom. The van der Waals surface area contributed by atoms with E-state index in [2.05, 4.69) is 4.98 Å². The van der Waals surface area contributed by atoms with Crippen molar-refractivity contribution in [1.29, 1.82) is 0 Å². The Morgan fingerprint density at radius 2 is 1.63 bits per heavy atom. The zero-order valence-electron chi connectivity index (χ0n) is 9.81. The molecule has 0 aliphatic heterocycles. The fourth-order valence-electron chi connectivity index (χ4n) is 1.73. The molecule has 19 heavy (non-hydrogen) atoms. The molecule has 1 heterocycles. The van der Waals surface area contributed by atoms with E-state index in [9.17, 15) is 0 Å². The predicted molar refractivity (Wildman–Crippen MR) is 79.4 cm³/mol. The van der Waals surface area contributed by atoms with Gasteiger partial charge in [-0.25, -0.2) is 4.98 Å². The van der Waals surface area contributed by atoms with E-state index in [1.54, 1.807) is 12.1 Å². The van der Waals surface area contributed by atoms with Crippen LogP contribution in [-0.2, 0) is 0 Å². The van der Waals surface area contributed by atoms with Gasteiger partial charge in [0, 0.05) is 16.1 Å². The second kappa shape index (κ2) is 5.08. The minimum Gasteiger partial charge on any atom is -0.437 e. The third-order valence-electron chi connectivity index (χ3n) is 2.65. The Kier molecular flexibility index (Phi) is 3.28. The van der Waals surface area contributed by atoms with Crippen molar-refractivity contribution in [3.63, 3.8) is 0 Å². The Bertz CT molecular complexity index is 744. The molecule has 0 bridgehead atoms. The number of benzene rings is 2. The van der Waals surface area contributed by atoms with Crippen LogP contribution in [0.5, 0.6) is 0 Å². The van der Waals surface area contributed by atoms with Gasteiger partial charge < -0.3 is 4.42 Å². The summed E-state index contributed by atoms with van der Waals surface area (Å²) >= 11 is 11.7. The van der Waals surface area contributed by atoms with Gasteiger partial charge in [-0.3, -0.25) is 0 Å². The van der Waals surface area contributed by atoms with E-state index < -0.39 is 0 Å². The van der Waals surface area contributed by atoms with E-state index in [1.807, 2.05) is 42.5 Å². The molecule has 3 rings (SSSR count). The molecule has 0 amide bonds. The summed E-state index contributed by atoms with van der Waals surface area (Å²) < 4.78 is 5.59. The van der Waals surface area contributed by atoms with Crippen LogP contribution in [-0.4, -0.2) is 4.98 Å². The molecule has 0 N–H and O–H groups in total. The van der Waals surface area contributed by atoms with Gasteiger partial charge in [-0.15, -0.1) is 0 Å². The zero-order valence-corrected chi connectivity index (χ0v) is 11.3. The summed E-state index contributed by atoms with van der Waals surface area (Å²) in [4.78, 5) is 4.34. The second-order valence-corrected chi connectivity index (χ2v) is 4.92. The molecule has 0 atom stereocenters. The number of halogens is 2. The van der Waals surface area contributed by atoms with Crippen LogP contribution >= 0.6 is 23.2 Å². The summed E-state index contributed by atoms with van der Waals surface area (Å²) in [5.41, 5.74) is 2.51. The molecule has 0 aliphatic rings. The molecule has 0 radical (unpaired) electrons. The molecule has 0 saturated heterocycles. The molecular formula is C15H9Cl2NO. The first kappa shape index (κ1) is 12.3. The average molecular weight is 290 g/mol. The highest BCUT2D eigenvalue weighted by Gasteiger charge is 2.03. The normalized spacial score (nSPS) is 11.5. The number of aromatic nitrogens is 1. The molecule has 4 heteroatoms. The number of nitrogens with zero attached hydrogens (tertiary/aromatic N) is 1. The first-order valence-electron chi connectivity index (χ1n) is 5.70. The summed E-state index contributed by atoms with van der Waals surface area (Å²) in [7, 11) is 0. The van der Waals surface area contributed by atoms with E-state index >= 15 is 0 Å². The molecule has 0 saturated carbocycles. The van der Waals surface area contributed by atoms with Gasteiger partial charge in [0.25, 0.3) is 0 Å². The van der Waals surface area contributed by atoms with Gasteiger partial charge >= 0.3 is 0 Å². The molecule has 0 fully saturated rings. The highest BCUT2D eigenvalue weighted by Crippen LogP contribution is 2.21. The fourth-order valence-corrected chi connectivity index (χ4v) is 2.02. The SMILES string of the molecule is Clc1ccc(/C=C/c2nc3cc(Cl)ccc3o2)cc1. The topological polar surface area (TPSA) is 26.0 Å². The lowest BCUT2D eigenvalue weighted by atomic mass is 10.2. The number of hydrogen-bond acceptors (Lipinski definition) is 2. The van der Waals surface area contributed by atoms with Crippen LogP contribution in [0.1, 0.15) is 11.5 Å². The molecule has 3 aromatic rings. The molecule has 2 nitrogen and oxygen atoms in total. The van der Waals surface area contributed by atoms with Crippen molar-refractivity contribution in [3.8, 4) is 0 Å². The van der Waals surface area contributed by atoms with Crippen LogP contribution in [0, 0.1) is 0 Å². The van der Waals surface area contributed by atoms with Crippen molar-refractivity contribution >= 4 is 46.5 Å². The van der Waals surface area contributed by atoms with E-state index in [4.69, 9.17) is 27.6 Å². The van der Waals surface area contributed by atoms with Crippen LogP contribution in [0.25, 0.3) is 23.3 Å². The fraction of sp³-hybridized carbons (Fsp3) is 0. The van der Waals surface area contributed by atoms with E-state index in [-0.39, 0.29) is 0 Å². The van der Waals surface area contributed by atoms with Crippen molar-refractivity contribution < 1.29 is 4.42 Å². The molecule has 0 spiro atoms. The summed E-state index contributed by atoms with van der Waals surface area (Å²) in [5, 5.41) is 1.36. The van der Waals surface area contributed by atoms with Gasteiger partial charge in [0.05, 0.1) is 0 Å². The summed E-state index contributed by atoms with van der Waals surface area (Å²) in [5.74, 6) is 0.548. The molecule has 1 aromatic heterocycles. The largest absolute Gasteiger partial charge is 0.437 e. The summed E-state index contributed by atoms with van der Waals surface area (Å²) in [6, 6.07) is 12.9. The highest BCUT2D eigenvalue weighted by atomic mass is 35.5.